The second kappa shape index (κ2) is 7.55. The van der Waals surface area contributed by atoms with Crippen molar-refractivity contribution in [3.05, 3.63) is 71.5 Å². The molecule has 3 nitrogen and oxygen atoms in total. The van der Waals surface area contributed by atoms with Crippen LogP contribution >= 0.6 is 0 Å². The van der Waals surface area contributed by atoms with E-state index in [1.165, 1.54) is 6.07 Å². The van der Waals surface area contributed by atoms with Crippen molar-refractivity contribution in [3.8, 4) is 0 Å². The SMILES string of the molecule is NC(CCNC(=O)Cc1ccccc1F)c1ccccc1. The fourth-order valence-electron chi connectivity index (χ4n) is 2.11. The van der Waals surface area contributed by atoms with Crippen molar-refractivity contribution < 1.29 is 9.18 Å². The van der Waals surface area contributed by atoms with E-state index in [1.807, 2.05) is 30.3 Å². The predicted octanol–water partition coefficient (Wildman–Crippen LogP) is 2.57. The van der Waals surface area contributed by atoms with E-state index in [1.54, 1.807) is 18.2 Å². The molecule has 21 heavy (non-hydrogen) atoms. The van der Waals surface area contributed by atoms with Gasteiger partial charge in [-0.15, -0.1) is 0 Å². The summed E-state index contributed by atoms with van der Waals surface area (Å²) in [4.78, 5) is 11.8. The summed E-state index contributed by atoms with van der Waals surface area (Å²) >= 11 is 0. The number of rotatable bonds is 6. The van der Waals surface area contributed by atoms with Gasteiger partial charge in [0.2, 0.25) is 5.91 Å². The van der Waals surface area contributed by atoms with Crippen molar-refractivity contribution in [2.24, 2.45) is 5.73 Å². The summed E-state index contributed by atoms with van der Waals surface area (Å²) in [6.07, 6.45) is 0.695. The summed E-state index contributed by atoms with van der Waals surface area (Å²) in [5, 5.41) is 2.77. The van der Waals surface area contributed by atoms with Crippen LogP contribution in [0.5, 0.6) is 0 Å². The molecule has 2 aromatic rings. The van der Waals surface area contributed by atoms with Gasteiger partial charge in [0.05, 0.1) is 6.42 Å². The zero-order valence-electron chi connectivity index (χ0n) is 11.8. The molecule has 0 aromatic heterocycles. The number of amides is 1. The second-order valence-electron chi connectivity index (χ2n) is 4.92. The first-order valence-corrected chi connectivity index (χ1v) is 6.97. The summed E-state index contributed by atoms with van der Waals surface area (Å²) in [7, 11) is 0. The Labute approximate surface area is 124 Å². The standard InChI is InChI=1S/C17H19FN2O/c18-15-9-5-4-8-14(15)12-17(21)20-11-10-16(19)13-6-2-1-3-7-13/h1-9,16H,10-12,19H2,(H,20,21). The second-order valence-corrected chi connectivity index (χ2v) is 4.92. The van der Waals surface area contributed by atoms with E-state index >= 15 is 0 Å². The molecule has 0 spiro atoms. The molecule has 4 heteroatoms. The molecule has 0 aliphatic rings. The molecule has 0 aliphatic heterocycles. The van der Waals surface area contributed by atoms with Gasteiger partial charge in [-0.25, -0.2) is 4.39 Å². The molecule has 0 aliphatic carbocycles. The number of halogens is 1. The molecule has 0 saturated heterocycles. The van der Waals surface area contributed by atoms with Gasteiger partial charge in [0.1, 0.15) is 5.82 Å². The third kappa shape index (κ3) is 4.68. The Morgan fingerprint density at radius 3 is 2.48 bits per heavy atom. The van der Waals surface area contributed by atoms with Gasteiger partial charge in [-0.3, -0.25) is 4.79 Å². The topological polar surface area (TPSA) is 55.1 Å². The van der Waals surface area contributed by atoms with Gasteiger partial charge >= 0.3 is 0 Å². The fourth-order valence-corrected chi connectivity index (χ4v) is 2.11. The van der Waals surface area contributed by atoms with Gasteiger partial charge < -0.3 is 11.1 Å². The van der Waals surface area contributed by atoms with Crippen LogP contribution < -0.4 is 11.1 Å². The summed E-state index contributed by atoms with van der Waals surface area (Å²) in [5.41, 5.74) is 7.49. The minimum Gasteiger partial charge on any atom is -0.356 e. The van der Waals surface area contributed by atoms with E-state index in [0.29, 0.717) is 18.5 Å². The first kappa shape index (κ1) is 15.2. The van der Waals surface area contributed by atoms with Crippen LogP contribution in [-0.4, -0.2) is 12.5 Å². The lowest BCUT2D eigenvalue weighted by atomic mass is 10.0. The molecule has 1 amide bonds. The van der Waals surface area contributed by atoms with Crippen LogP contribution in [0.4, 0.5) is 4.39 Å². The highest BCUT2D eigenvalue weighted by Crippen LogP contribution is 2.12. The Morgan fingerprint density at radius 2 is 1.76 bits per heavy atom. The Balaban J connectivity index is 1.76. The Bertz CT molecular complexity index is 586. The monoisotopic (exact) mass is 286 g/mol. The van der Waals surface area contributed by atoms with Crippen LogP contribution in [-0.2, 0) is 11.2 Å². The number of nitrogens with two attached hydrogens (primary N) is 1. The lowest BCUT2D eigenvalue weighted by Crippen LogP contribution is -2.28. The maximum atomic E-state index is 13.4. The largest absolute Gasteiger partial charge is 0.356 e. The first-order valence-electron chi connectivity index (χ1n) is 6.97. The zero-order valence-corrected chi connectivity index (χ0v) is 11.8. The maximum Gasteiger partial charge on any atom is 0.224 e. The normalized spacial score (nSPS) is 11.9. The van der Waals surface area contributed by atoms with E-state index in [-0.39, 0.29) is 24.2 Å². The molecular formula is C17H19FN2O. The molecule has 110 valence electrons. The van der Waals surface area contributed by atoms with E-state index < -0.39 is 0 Å². The van der Waals surface area contributed by atoms with E-state index in [4.69, 9.17) is 5.73 Å². The van der Waals surface area contributed by atoms with Gasteiger partial charge in [-0.2, -0.15) is 0 Å². The molecular weight excluding hydrogens is 267 g/mol. The van der Waals surface area contributed by atoms with Crippen molar-refractivity contribution in [2.75, 3.05) is 6.54 Å². The number of hydrogen-bond acceptors (Lipinski definition) is 2. The minimum atomic E-state index is -0.353. The molecule has 0 saturated carbocycles. The first-order chi connectivity index (χ1) is 10.2. The average Bonchev–Trinajstić information content (AvgIpc) is 2.50. The molecule has 0 heterocycles. The molecule has 0 fully saturated rings. The Kier molecular flexibility index (Phi) is 5.46. The van der Waals surface area contributed by atoms with Gasteiger partial charge in [-0.05, 0) is 23.6 Å². The smallest absolute Gasteiger partial charge is 0.224 e. The van der Waals surface area contributed by atoms with Crippen LogP contribution in [0.15, 0.2) is 54.6 Å². The maximum absolute atomic E-state index is 13.4. The van der Waals surface area contributed by atoms with E-state index in [0.717, 1.165) is 5.56 Å². The van der Waals surface area contributed by atoms with Gasteiger partial charge in [-0.1, -0.05) is 48.5 Å². The molecule has 1 unspecified atom stereocenters. The third-order valence-electron chi connectivity index (χ3n) is 3.31. The third-order valence-corrected chi connectivity index (χ3v) is 3.31. The Morgan fingerprint density at radius 1 is 1.10 bits per heavy atom. The highest BCUT2D eigenvalue weighted by Gasteiger charge is 2.09. The summed E-state index contributed by atoms with van der Waals surface area (Å²) in [5.74, 6) is -0.547. The van der Waals surface area contributed by atoms with E-state index in [9.17, 15) is 9.18 Å². The quantitative estimate of drug-likeness (QED) is 0.857. The summed E-state index contributed by atoms with van der Waals surface area (Å²) in [6, 6.07) is 15.9. The minimum absolute atomic E-state index is 0.0489. The number of hydrogen-bond donors (Lipinski definition) is 2. The van der Waals surface area contributed by atoms with Crippen LogP contribution in [0, 0.1) is 5.82 Å². The summed E-state index contributed by atoms with van der Waals surface area (Å²) < 4.78 is 13.4. The molecule has 0 radical (unpaired) electrons. The lowest BCUT2D eigenvalue weighted by Gasteiger charge is -2.12. The zero-order chi connectivity index (χ0) is 15.1. The van der Waals surface area contributed by atoms with Crippen molar-refractivity contribution >= 4 is 5.91 Å². The van der Waals surface area contributed by atoms with Crippen molar-refractivity contribution in [3.63, 3.8) is 0 Å². The molecule has 3 N–H and O–H groups in total. The van der Waals surface area contributed by atoms with Crippen molar-refractivity contribution in [1.29, 1.82) is 0 Å². The van der Waals surface area contributed by atoms with Gasteiger partial charge in [0, 0.05) is 12.6 Å². The lowest BCUT2D eigenvalue weighted by molar-refractivity contribution is -0.120. The fraction of sp³-hybridized carbons (Fsp3) is 0.235. The average molecular weight is 286 g/mol. The van der Waals surface area contributed by atoms with Crippen molar-refractivity contribution in [2.45, 2.75) is 18.9 Å². The molecule has 2 rings (SSSR count). The molecule has 0 bridgehead atoms. The number of carbonyl (C=O) groups excluding carboxylic acids is 1. The van der Waals surface area contributed by atoms with Gasteiger partial charge in [0.15, 0.2) is 0 Å². The van der Waals surface area contributed by atoms with Crippen LogP contribution in [0.1, 0.15) is 23.6 Å². The van der Waals surface area contributed by atoms with Crippen LogP contribution in [0.25, 0.3) is 0 Å². The van der Waals surface area contributed by atoms with Crippen LogP contribution in [0.2, 0.25) is 0 Å². The number of benzene rings is 2. The number of nitrogens with one attached hydrogen (secondary N) is 1. The van der Waals surface area contributed by atoms with E-state index in [2.05, 4.69) is 5.32 Å². The highest BCUT2D eigenvalue weighted by atomic mass is 19.1. The molecule has 1 atom stereocenters. The molecule has 2 aromatic carbocycles. The van der Waals surface area contributed by atoms with Crippen molar-refractivity contribution in [1.82, 2.24) is 5.32 Å². The number of carbonyl (C=O) groups is 1. The predicted molar refractivity (Wildman–Crippen MR) is 81.1 cm³/mol. The van der Waals surface area contributed by atoms with Gasteiger partial charge in [0.25, 0.3) is 0 Å². The Hall–Kier alpha value is -2.20. The highest BCUT2D eigenvalue weighted by molar-refractivity contribution is 5.78. The van der Waals surface area contributed by atoms with Crippen LogP contribution in [0.3, 0.4) is 0 Å². The summed E-state index contributed by atoms with van der Waals surface area (Å²) in [6.45, 7) is 0.476.